The van der Waals surface area contributed by atoms with E-state index in [0.29, 0.717) is 17.7 Å². The molecule has 90 valence electrons. The molecule has 0 fully saturated rings. The highest BCUT2D eigenvalue weighted by atomic mass is 32.2. The van der Waals surface area contributed by atoms with Crippen LogP contribution in [0, 0.1) is 17.1 Å². The van der Waals surface area contributed by atoms with Gasteiger partial charge in [0, 0.05) is 5.75 Å². The maximum absolute atomic E-state index is 13.5. The monoisotopic (exact) mass is 253 g/mol. The number of halogens is 1. The first-order chi connectivity index (χ1) is 8.08. The minimum atomic E-state index is -0.883. The maximum Gasteiger partial charge on any atom is 0.316 e. The van der Waals surface area contributed by atoms with Crippen molar-refractivity contribution in [3.05, 3.63) is 35.1 Å². The Kier molecular flexibility index (Phi) is 4.98. The number of carboxylic acids is 1. The number of nitrogens with zero attached hydrogens (tertiary/aromatic N) is 1. The predicted molar refractivity (Wildman–Crippen MR) is 64.1 cm³/mol. The fourth-order valence-corrected chi connectivity index (χ4v) is 2.28. The number of aliphatic carboxylic acids is 1. The second-order valence-corrected chi connectivity index (χ2v) is 4.66. The summed E-state index contributed by atoms with van der Waals surface area (Å²) in [5.74, 6) is -1.05. The zero-order valence-corrected chi connectivity index (χ0v) is 10.1. The summed E-state index contributed by atoms with van der Waals surface area (Å²) < 4.78 is 13.5. The average Bonchev–Trinajstić information content (AvgIpc) is 2.31. The van der Waals surface area contributed by atoms with Gasteiger partial charge in [0.25, 0.3) is 0 Å². The number of nitriles is 1. The Hall–Kier alpha value is -1.54. The molecule has 0 saturated carbocycles. The third-order valence-corrected chi connectivity index (χ3v) is 3.68. The van der Waals surface area contributed by atoms with Gasteiger partial charge >= 0.3 is 5.97 Å². The molecule has 17 heavy (non-hydrogen) atoms. The zero-order valence-electron chi connectivity index (χ0n) is 9.31. The van der Waals surface area contributed by atoms with E-state index in [9.17, 15) is 9.18 Å². The van der Waals surface area contributed by atoms with Gasteiger partial charge in [-0.05, 0) is 24.1 Å². The van der Waals surface area contributed by atoms with Gasteiger partial charge in [-0.25, -0.2) is 4.39 Å². The van der Waals surface area contributed by atoms with E-state index in [1.807, 2.05) is 6.07 Å². The molecule has 0 bridgehead atoms. The fraction of sp³-hybridized carbons (Fsp3) is 0.333. The Labute approximate surface area is 103 Å². The van der Waals surface area contributed by atoms with E-state index in [1.54, 1.807) is 6.92 Å². The average molecular weight is 253 g/mol. The molecule has 0 aliphatic carbocycles. The molecule has 0 aliphatic heterocycles. The van der Waals surface area contributed by atoms with E-state index in [1.165, 1.54) is 23.9 Å². The van der Waals surface area contributed by atoms with E-state index in [0.717, 1.165) is 6.07 Å². The maximum atomic E-state index is 13.5. The van der Waals surface area contributed by atoms with Crippen LogP contribution in [-0.4, -0.2) is 16.3 Å². The number of carboxylic acid groups (broad SMARTS) is 1. The lowest BCUT2D eigenvalue weighted by atomic mass is 10.1. The minimum absolute atomic E-state index is 0.265. The normalized spacial score (nSPS) is 11.8. The van der Waals surface area contributed by atoms with E-state index in [2.05, 4.69) is 0 Å². The van der Waals surface area contributed by atoms with Crippen LogP contribution in [0.25, 0.3) is 0 Å². The molecular weight excluding hydrogens is 241 g/mol. The van der Waals surface area contributed by atoms with Gasteiger partial charge in [-0.15, -0.1) is 11.8 Å². The molecule has 0 aromatic heterocycles. The van der Waals surface area contributed by atoms with E-state index in [4.69, 9.17) is 10.4 Å². The van der Waals surface area contributed by atoms with Crippen LogP contribution in [0.15, 0.2) is 18.2 Å². The number of carbonyl (C=O) groups is 1. The molecule has 3 nitrogen and oxygen atoms in total. The van der Waals surface area contributed by atoms with Crippen LogP contribution in [-0.2, 0) is 10.5 Å². The number of hydrogen-bond donors (Lipinski definition) is 1. The summed E-state index contributed by atoms with van der Waals surface area (Å²) in [6.45, 7) is 1.78. The molecule has 0 saturated heterocycles. The van der Waals surface area contributed by atoms with Crippen LogP contribution in [0.1, 0.15) is 24.5 Å². The Balaban J connectivity index is 2.70. The van der Waals surface area contributed by atoms with Crippen LogP contribution in [0.2, 0.25) is 0 Å². The molecule has 1 aromatic rings. The van der Waals surface area contributed by atoms with Gasteiger partial charge in [-0.2, -0.15) is 5.26 Å². The Morgan fingerprint density at radius 3 is 2.82 bits per heavy atom. The predicted octanol–water partition coefficient (Wildman–Crippen LogP) is 2.79. The van der Waals surface area contributed by atoms with E-state index in [-0.39, 0.29) is 5.56 Å². The van der Waals surface area contributed by atoms with Crippen LogP contribution >= 0.6 is 11.8 Å². The summed E-state index contributed by atoms with van der Waals surface area (Å²) in [5, 5.41) is 16.9. The molecule has 0 radical (unpaired) electrons. The van der Waals surface area contributed by atoms with Gasteiger partial charge in [0.2, 0.25) is 0 Å². The van der Waals surface area contributed by atoms with Crippen molar-refractivity contribution >= 4 is 17.7 Å². The third-order valence-electron chi connectivity index (χ3n) is 2.27. The third kappa shape index (κ3) is 3.75. The Morgan fingerprint density at radius 1 is 1.65 bits per heavy atom. The van der Waals surface area contributed by atoms with Crippen molar-refractivity contribution in [1.29, 1.82) is 5.26 Å². The first kappa shape index (κ1) is 13.5. The van der Waals surface area contributed by atoms with Crippen molar-refractivity contribution in [3.63, 3.8) is 0 Å². The molecule has 0 spiro atoms. The van der Waals surface area contributed by atoms with Gasteiger partial charge in [-0.3, -0.25) is 4.79 Å². The first-order valence-corrected chi connectivity index (χ1v) is 6.16. The number of benzene rings is 1. The van der Waals surface area contributed by atoms with Crippen molar-refractivity contribution in [3.8, 4) is 6.07 Å². The van der Waals surface area contributed by atoms with Gasteiger partial charge < -0.3 is 5.11 Å². The Morgan fingerprint density at radius 2 is 2.35 bits per heavy atom. The molecule has 1 aromatic carbocycles. The van der Waals surface area contributed by atoms with Crippen LogP contribution < -0.4 is 0 Å². The van der Waals surface area contributed by atoms with Gasteiger partial charge in [0.15, 0.2) is 0 Å². The molecule has 1 N–H and O–H groups in total. The van der Waals surface area contributed by atoms with Gasteiger partial charge in [0.05, 0.1) is 11.6 Å². The standard InChI is InChI=1S/C12H12FNO2S/c1-2-11(12(15)16)17-7-9-4-3-8(6-14)5-10(9)13/h3-5,11H,2,7H2,1H3,(H,15,16). The highest BCUT2D eigenvalue weighted by molar-refractivity contribution is 7.99. The second-order valence-electron chi connectivity index (χ2n) is 3.46. The summed E-state index contributed by atoms with van der Waals surface area (Å²) in [4.78, 5) is 10.8. The lowest BCUT2D eigenvalue weighted by Gasteiger charge is -2.09. The van der Waals surface area contributed by atoms with Crippen LogP contribution in [0.5, 0.6) is 0 Å². The number of thioether (sulfide) groups is 1. The van der Waals surface area contributed by atoms with Crippen molar-refractivity contribution in [1.82, 2.24) is 0 Å². The Bertz CT molecular complexity index is 456. The molecule has 0 heterocycles. The molecule has 1 rings (SSSR count). The largest absolute Gasteiger partial charge is 0.480 e. The van der Waals surface area contributed by atoms with Crippen molar-refractivity contribution < 1.29 is 14.3 Å². The summed E-state index contributed by atoms with van der Waals surface area (Å²) in [7, 11) is 0. The van der Waals surface area contributed by atoms with Crippen molar-refractivity contribution in [2.75, 3.05) is 0 Å². The first-order valence-electron chi connectivity index (χ1n) is 5.11. The summed E-state index contributed by atoms with van der Waals surface area (Å²) in [5.41, 5.74) is 0.690. The van der Waals surface area contributed by atoms with E-state index >= 15 is 0 Å². The fourth-order valence-electron chi connectivity index (χ4n) is 1.29. The lowest BCUT2D eigenvalue weighted by Crippen LogP contribution is -2.15. The highest BCUT2D eigenvalue weighted by Crippen LogP contribution is 2.22. The zero-order chi connectivity index (χ0) is 12.8. The molecule has 1 atom stereocenters. The van der Waals surface area contributed by atoms with E-state index < -0.39 is 17.0 Å². The second kappa shape index (κ2) is 6.26. The van der Waals surface area contributed by atoms with Gasteiger partial charge in [-0.1, -0.05) is 13.0 Å². The number of rotatable bonds is 5. The van der Waals surface area contributed by atoms with Gasteiger partial charge in [0.1, 0.15) is 11.1 Å². The summed E-state index contributed by atoms with van der Waals surface area (Å²) >= 11 is 1.19. The van der Waals surface area contributed by atoms with Crippen molar-refractivity contribution in [2.24, 2.45) is 0 Å². The van der Waals surface area contributed by atoms with Crippen LogP contribution in [0.4, 0.5) is 4.39 Å². The molecule has 1 unspecified atom stereocenters. The molecule has 0 aliphatic rings. The topological polar surface area (TPSA) is 61.1 Å². The van der Waals surface area contributed by atoms with Crippen LogP contribution in [0.3, 0.4) is 0 Å². The highest BCUT2D eigenvalue weighted by Gasteiger charge is 2.16. The quantitative estimate of drug-likeness (QED) is 0.876. The summed E-state index contributed by atoms with van der Waals surface area (Å²) in [6.07, 6.45) is 0.498. The molecule has 5 heteroatoms. The molecular formula is C12H12FNO2S. The SMILES string of the molecule is CCC(SCc1ccc(C#N)cc1F)C(=O)O. The minimum Gasteiger partial charge on any atom is -0.480 e. The lowest BCUT2D eigenvalue weighted by molar-refractivity contribution is -0.136. The smallest absolute Gasteiger partial charge is 0.316 e. The van der Waals surface area contributed by atoms with Crippen molar-refractivity contribution in [2.45, 2.75) is 24.3 Å². The number of hydrogen-bond acceptors (Lipinski definition) is 3. The molecule has 0 amide bonds. The summed E-state index contributed by atoms with van der Waals surface area (Å²) in [6, 6.07) is 6.06.